The standard InChI is InChI=1S/C17H19FN2O/c1-11-8-14(19)10-15(16(11)18)17(21)20-12(2)9-13-6-4-3-5-7-13/h3-8,10,12H,9,19H2,1-2H3,(H,20,21). The molecule has 2 rings (SSSR count). The van der Waals surface area contributed by atoms with Crippen LogP contribution in [0.4, 0.5) is 10.1 Å². The molecular formula is C17H19FN2O. The summed E-state index contributed by atoms with van der Waals surface area (Å²) in [5.41, 5.74) is 7.54. The second-order valence-corrected chi connectivity index (χ2v) is 5.26. The van der Waals surface area contributed by atoms with E-state index in [0.29, 0.717) is 17.7 Å². The van der Waals surface area contributed by atoms with Crippen LogP contribution in [0.5, 0.6) is 0 Å². The first-order valence-electron chi connectivity index (χ1n) is 6.87. The van der Waals surface area contributed by atoms with E-state index in [1.165, 1.54) is 12.1 Å². The van der Waals surface area contributed by atoms with Gasteiger partial charge in [0.2, 0.25) is 0 Å². The minimum atomic E-state index is -0.520. The molecule has 1 amide bonds. The molecule has 0 bridgehead atoms. The molecule has 0 aliphatic rings. The predicted molar refractivity (Wildman–Crippen MR) is 82.6 cm³/mol. The average Bonchev–Trinajstić information content (AvgIpc) is 2.43. The molecule has 0 spiro atoms. The van der Waals surface area contributed by atoms with Crippen LogP contribution in [0, 0.1) is 12.7 Å². The van der Waals surface area contributed by atoms with E-state index in [1.54, 1.807) is 6.92 Å². The van der Waals surface area contributed by atoms with E-state index in [1.807, 2.05) is 37.3 Å². The van der Waals surface area contributed by atoms with Gasteiger partial charge in [0.1, 0.15) is 5.82 Å². The maximum absolute atomic E-state index is 14.0. The van der Waals surface area contributed by atoms with Gasteiger partial charge in [0, 0.05) is 11.7 Å². The topological polar surface area (TPSA) is 55.1 Å². The van der Waals surface area contributed by atoms with Crippen LogP contribution in [0.15, 0.2) is 42.5 Å². The van der Waals surface area contributed by atoms with Crippen molar-refractivity contribution in [3.8, 4) is 0 Å². The summed E-state index contributed by atoms with van der Waals surface area (Å²) in [6, 6.07) is 12.6. The SMILES string of the molecule is Cc1cc(N)cc(C(=O)NC(C)Cc2ccccc2)c1F. The number of aryl methyl sites for hydroxylation is 1. The number of benzene rings is 2. The highest BCUT2D eigenvalue weighted by Crippen LogP contribution is 2.17. The predicted octanol–water partition coefficient (Wildman–Crippen LogP) is 3.08. The van der Waals surface area contributed by atoms with Crippen molar-refractivity contribution in [3.05, 3.63) is 65.0 Å². The summed E-state index contributed by atoms with van der Waals surface area (Å²) in [7, 11) is 0. The molecule has 4 heteroatoms. The molecule has 0 radical (unpaired) electrons. The van der Waals surface area contributed by atoms with Crippen LogP contribution < -0.4 is 11.1 Å². The fourth-order valence-corrected chi connectivity index (χ4v) is 2.28. The molecule has 0 saturated heterocycles. The van der Waals surface area contributed by atoms with E-state index in [9.17, 15) is 9.18 Å². The van der Waals surface area contributed by atoms with E-state index < -0.39 is 11.7 Å². The molecule has 3 N–H and O–H groups in total. The van der Waals surface area contributed by atoms with Crippen molar-refractivity contribution in [2.45, 2.75) is 26.3 Å². The van der Waals surface area contributed by atoms with Crippen molar-refractivity contribution in [1.29, 1.82) is 0 Å². The number of halogens is 1. The molecule has 2 aromatic carbocycles. The zero-order chi connectivity index (χ0) is 15.4. The van der Waals surface area contributed by atoms with E-state index in [4.69, 9.17) is 5.73 Å². The molecule has 0 heterocycles. The van der Waals surface area contributed by atoms with Crippen LogP contribution in [0.1, 0.15) is 28.4 Å². The summed E-state index contributed by atoms with van der Waals surface area (Å²) < 4.78 is 14.0. The third-order valence-electron chi connectivity index (χ3n) is 3.28. The monoisotopic (exact) mass is 286 g/mol. The number of nitrogens with two attached hydrogens (primary N) is 1. The largest absolute Gasteiger partial charge is 0.399 e. The third-order valence-corrected chi connectivity index (χ3v) is 3.28. The van der Waals surface area contributed by atoms with Crippen molar-refractivity contribution < 1.29 is 9.18 Å². The second kappa shape index (κ2) is 6.39. The van der Waals surface area contributed by atoms with Gasteiger partial charge in [-0.25, -0.2) is 4.39 Å². The second-order valence-electron chi connectivity index (χ2n) is 5.26. The van der Waals surface area contributed by atoms with Gasteiger partial charge in [0.05, 0.1) is 5.56 Å². The van der Waals surface area contributed by atoms with Gasteiger partial charge in [-0.15, -0.1) is 0 Å². The number of carbonyl (C=O) groups is 1. The first kappa shape index (κ1) is 15.0. The lowest BCUT2D eigenvalue weighted by Gasteiger charge is -2.15. The van der Waals surface area contributed by atoms with E-state index in [-0.39, 0.29) is 11.6 Å². The summed E-state index contributed by atoms with van der Waals surface area (Å²) >= 11 is 0. The Kier molecular flexibility index (Phi) is 4.58. The maximum atomic E-state index is 14.0. The Balaban J connectivity index is 2.08. The minimum absolute atomic E-state index is 0.00703. The Morgan fingerprint density at radius 1 is 1.29 bits per heavy atom. The average molecular weight is 286 g/mol. The minimum Gasteiger partial charge on any atom is -0.399 e. The first-order chi connectivity index (χ1) is 9.97. The third kappa shape index (κ3) is 3.81. The summed E-state index contributed by atoms with van der Waals surface area (Å²) in [5, 5.41) is 2.81. The van der Waals surface area contributed by atoms with Crippen molar-refractivity contribution in [2.75, 3.05) is 5.73 Å². The Morgan fingerprint density at radius 3 is 2.62 bits per heavy atom. The lowest BCUT2D eigenvalue weighted by atomic mass is 10.1. The maximum Gasteiger partial charge on any atom is 0.254 e. The van der Waals surface area contributed by atoms with Crippen LogP contribution in [0.3, 0.4) is 0 Å². The fraction of sp³-hybridized carbons (Fsp3) is 0.235. The highest BCUT2D eigenvalue weighted by molar-refractivity contribution is 5.95. The molecule has 0 aliphatic heterocycles. The summed E-state index contributed by atoms with van der Waals surface area (Å²) in [6.45, 7) is 3.48. The smallest absolute Gasteiger partial charge is 0.254 e. The van der Waals surface area contributed by atoms with Gasteiger partial charge >= 0.3 is 0 Å². The Bertz CT molecular complexity index is 641. The van der Waals surface area contributed by atoms with E-state index in [0.717, 1.165) is 5.56 Å². The van der Waals surface area contributed by atoms with Gasteiger partial charge in [0.15, 0.2) is 0 Å². The Labute approximate surface area is 124 Å². The van der Waals surface area contributed by atoms with Gasteiger partial charge in [-0.05, 0) is 43.5 Å². The Morgan fingerprint density at radius 2 is 1.95 bits per heavy atom. The first-order valence-corrected chi connectivity index (χ1v) is 6.87. The summed E-state index contributed by atoms with van der Waals surface area (Å²) in [4.78, 5) is 12.2. The molecule has 2 aromatic rings. The van der Waals surface area contributed by atoms with Crippen molar-refractivity contribution in [1.82, 2.24) is 5.32 Å². The van der Waals surface area contributed by atoms with Gasteiger partial charge in [-0.1, -0.05) is 30.3 Å². The lowest BCUT2D eigenvalue weighted by Crippen LogP contribution is -2.34. The Hall–Kier alpha value is -2.36. The van der Waals surface area contributed by atoms with Gasteiger partial charge < -0.3 is 11.1 Å². The number of anilines is 1. The summed E-state index contributed by atoms with van der Waals surface area (Å²) in [6.07, 6.45) is 0.690. The molecule has 1 unspecified atom stereocenters. The molecule has 0 fully saturated rings. The van der Waals surface area contributed by atoms with Gasteiger partial charge in [-0.3, -0.25) is 4.79 Å². The quantitative estimate of drug-likeness (QED) is 0.849. The molecule has 110 valence electrons. The highest BCUT2D eigenvalue weighted by atomic mass is 19.1. The normalized spacial score (nSPS) is 12.0. The fourth-order valence-electron chi connectivity index (χ4n) is 2.28. The number of hydrogen-bond acceptors (Lipinski definition) is 2. The van der Waals surface area contributed by atoms with Crippen LogP contribution in [-0.2, 0) is 6.42 Å². The molecule has 0 aromatic heterocycles. The highest BCUT2D eigenvalue weighted by Gasteiger charge is 2.16. The number of hydrogen-bond donors (Lipinski definition) is 2. The lowest BCUT2D eigenvalue weighted by molar-refractivity contribution is 0.0936. The summed E-state index contributed by atoms with van der Waals surface area (Å²) in [5.74, 6) is -0.958. The van der Waals surface area contributed by atoms with Crippen LogP contribution >= 0.6 is 0 Å². The van der Waals surface area contributed by atoms with E-state index in [2.05, 4.69) is 5.32 Å². The number of carbonyl (C=O) groups excluding carboxylic acids is 1. The van der Waals surface area contributed by atoms with Crippen molar-refractivity contribution in [3.63, 3.8) is 0 Å². The molecule has 0 saturated carbocycles. The van der Waals surface area contributed by atoms with Crippen LogP contribution in [0.25, 0.3) is 0 Å². The number of amides is 1. The van der Waals surface area contributed by atoms with Gasteiger partial charge in [0.25, 0.3) is 5.91 Å². The number of nitrogens with one attached hydrogen (secondary N) is 1. The van der Waals surface area contributed by atoms with Crippen molar-refractivity contribution in [2.24, 2.45) is 0 Å². The number of rotatable bonds is 4. The zero-order valence-corrected chi connectivity index (χ0v) is 12.2. The molecule has 1 atom stereocenters. The van der Waals surface area contributed by atoms with Crippen LogP contribution in [-0.4, -0.2) is 11.9 Å². The van der Waals surface area contributed by atoms with Crippen molar-refractivity contribution >= 4 is 11.6 Å². The molecule has 3 nitrogen and oxygen atoms in total. The molecule has 21 heavy (non-hydrogen) atoms. The van der Waals surface area contributed by atoms with Crippen LogP contribution in [0.2, 0.25) is 0 Å². The number of nitrogen functional groups attached to an aromatic ring is 1. The molecule has 0 aliphatic carbocycles. The van der Waals surface area contributed by atoms with Gasteiger partial charge in [-0.2, -0.15) is 0 Å². The van der Waals surface area contributed by atoms with E-state index >= 15 is 0 Å². The molecular weight excluding hydrogens is 267 g/mol. The zero-order valence-electron chi connectivity index (χ0n) is 12.2.